The fourth-order valence-corrected chi connectivity index (χ4v) is 1.56. The van der Waals surface area contributed by atoms with Crippen LogP contribution in [0.1, 0.15) is 24.2 Å². The molecule has 0 saturated heterocycles. The number of nitrogens with two attached hydrogens (primary N) is 1. The first-order chi connectivity index (χ1) is 7.28. The molecule has 0 atom stereocenters. The minimum atomic E-state index is -0.486. The number of carbonyl (C=O) groups excluding carboxylic acids is 1. The van der Waals surface area contributed by atoms with Crippen LogP contribution >= 0.6 is 28.3 Å². The van der Waals surface area contributed by atoms with Crippen molar-refractivity contribution in [2.75, 3.05) is 6.54 Å². The minimum Gasteiger partial charge on any atom is -0.350 e. The third-order valence-electron chi connectivity index (χ3n) is 1.83. The molecule has 17 heavy (non-hydrogen) atoms. The van der Waals surface area contributed by atoms with E-state index in [1.165, 1.54) is 12.1 Å². The molecule has 96 valence electrons. The van der Waals surface area contributed by atoms with Crippen molar-refractivity contribution in [3.63, 3.8) is 0 Å². The molecule has 0 aliphatic heterocycles. The number of rotatable bonds is 3. The maximum Gasteiger partial charge on any atom is 0.251 e. The first kappa shape index (κ1) is 16.4. The van der Waals surface area contributed by atoms with Gasteiger partial charge in [0.05, 0.1) is 0 Å². The molecule has 1 aromatic rings. The van der Waals surface area contributed by atoms with E-state index in [0.717, 1.165) is 0 Å². The maximum atomic E-state index is 13.0. The van der Waals surface area contributed by atoms with Crippen LogP contribution in [0, 0.1) is 5.82 Å². The van der Waals surface area contributed by atoms with Gasteiger partial charge in [-0.3, -0.25) is 4.79 Å². The molecule has 3 nitrogen and oxygen atoms in total. The zero-order valence-corrected chi connectivity index (χ0v) is 12.0. The van der Waals surface area contributed by atoms with Gasteiger partial charge < -0.3 is 11.1 Å². The summed E-state index contributed by atoms with van der Waals surface area (Å²) in [6.45, 7) is 3.93. The number of hydrogen-bond acceptors (Lipinski definition) is 2. The highest BCUT2D eigenvalue weighted by atomic mass is 79.9. The Morgan fingerprint density at radius 3 is 2.53 bits per heavy atom. The Balaban J connectivity index is 0.00000256. The zero-order chi connectivity index (χ0) is 12.3. The van der Waals surface area contributed by atoms with Crippen molar-refractivity contribution in [1.29, 1.82) is 0 Å². The lowest BCUT2D eigenvalue weighted by Gasteiger charge is -2.18. The normalized spacial score (nSPS) is 10.6. The molecule has 1 aromatic carbocycles. The number of nitrogens with one attached hydrogen (secondary N) is 1. The van der Waals surface area contributed by atoms with Crippen molar-refractivity contribution in [2.24, 2.45) is 5.73 Å². The number of halogens is 3. The molecule has 0 spiro atoms. The first-order valence-electron chi connectivity index (χ1n) is 4.81. The molecule has 0 bridgehead atoms. The number of hydrogen-bond donors (Lipinski definition) is 2. The second-order valence-electron chi connectivity index (χ2n) is 4.33. The van der Waals surface area contributed by atoms with Gasteiger partial charge in [-0.05, 0) is 32.0 Å². The van der Waals surface area contributed by atoms with Crippen LogP contribution < -0.4 is 11.1 Å². The summed E-state index contributed by atoms with van der Waals surface area (Å²) in [5.74, 6) is -0.787. The Bertz CT molecular complexity index is 387. The van der Waals surface area contributed by atoms with Crippen LogP contribution in [0.3, 0.4) is 0 Å². The highest BCUT2D eigenvalue weighted by Crippen LogP contribution is 2.14. The van der Waals surface area contributed by atoms with E-state index in [1.54, 1.807) is 19.9 Å². The highest BCUT2D eigenvalue weighted by Gasteiger charge is 2.14. The van der Waals surface area contributed by atoms with Crippen molar-refractivity contribution < 1.29 is 9.18 Å². The molecule has 6 heteroatoms. The molecule has 0 aliphatic rings. The average molecular weight is 326 g/mol. The smallest absolute Gasteiger partial charge is 0.251 e. The second-order valence-corrected chi connectivity index (χ2v) is 5.25. The van der Waals surface area contributed by atoms with E-state index in [4.69, 9.17) is 5.73 Å². The predicted octanol–water partition coefficient (Wildman–Crippen LogP) is 2.48. The third-order valence-corrected chi connectivity index (χ3v) is 2.29. The molecule has 0 radical (unpaired) electrons. The van der Waals surface area contributed by atoms with Gasteiger partial charge in [-0.25, -0.2) is 4.39 Å². The predicted molar refractivity (Wildman–Crippen MR) is 71.9 cm³/mol. The Kier molecular flexibility index (Phi) is 6.09. The van der Waals surface area contributed by atoms with Crippen LogP contribution in [0.2, 0.25) is 0 Å². The minimum absolute atomic E-state index is 0. The summed E-state index contributed by atoms with van der Waals surface area (Å²) in [6, 6.07) is 4.04. The lowest BCUT2D eigenvalue weighted by Crippen LogP contribution is -2.45. The second kappa shape index (κ2) is 6.33. The van der Waals surface area contributed by atoms with Gasteiger partial charge in [-0.2, -0.15) is 0 Å². The lowest BCUT2D eigenvalue weighted by atomic mass is 10.1. The first-order valence-corrected chi connectivity index (χ1v) is 5.60. The summed E-state index contributed by atoms with van der Waals surface area (Å²) in [7, 11) is 0. The van der Waals surface area contributed by atoms with Gasteiger partial charge in [0.25, 0.3) is 5.91 Å². The fraction of sp³-hybridized carbons (Fsp3) is 0.364. The topological polar surface area (TPSA) is 55.1 Å². The molecule has 0 aromatic heterocycles. The molecule has 1 rings (SSSR count). The molecule has 3 N–H and O–H groups in total. The average Bonchev–Trinajstić information content (AvgIpc) is 2.11. The van der Waals surface area contributed by atoms with Gasteiger partial charge in [0.2, 0.25) is 0 Å². The number of amides is 1. The van der Waals surface area contributed by atoms with Gasteiger partial charge >= 0.3 is 0 Å². The standard InChI is InChI=1S/C11H14BrFN2O.ClH/c1-11(2,14)6-15-10(16)7-3-8(12)5-9(13)4-7;/h3-5H,6,14H2,1-2H3,(H,15,16);1H. The van der Waals surface area contributed by atoms with Crippen LogP contribution in [-0.2, 0) is 0 Å². The van der Waals surface area contributed by atoms with Crippen molar-refractivity contribution in [1.82, 2.24) is 5.32 Å². The van der Waals surface area contributed by atoms with E-state index >= 15 is 0 Å². The highest BCUT2D eigenvalue weighted by molar-refractivity contribution is 9.10. The van der Waals surface area contributed by atoms with Crippen LogP contribution in [0.15, 0.2) is 22.7 Å². The van der Waals surface area contributed by atoms with E-state index in [9.17, 15) is 9.18 Å². The Labute approximate surface area is 114 Å². The molecule has 0 unspecified atom stereocenters. The van der Waals surface area contributed by atoms with Crippen molar-refractivity contribution in [3.8, 4) is 0 Å². The third kappa shape index (κ3) is 6.00. The summed E-state index contributed by atoms with van der Waals surface area (Å²) in [5, 5.41) is 2.64. The van der Waals surface area contributed by atoms with E-state index in [1.807, 2.05) is 0 Å². The van der Waals surface area contributed by atoms with Crippen LogP contribution in [0.4, 0.5) is 4.39 Å². The summed E-state index contributed by atoms with van der Waals surface area (Å²) in [5.41, 5.74) is 5.51. The van der Waals surface area contributed by atoms with Gasteiger partial charge in [-0.1, -0.05) is 15.9 Å². The molecule has 1 amide bonds. The molecule has 0 heterocycles. The monoisotopic (exact) mass is 324 g/mol. The Hall–Kier alpha value is -0.650. The fourth-order valence-electron chi connectivity index (χ4n) is 1.10. The van der Waals surface area contributed by atoms with E-state index in [0.29, 0.717) is 11.0 Å². The van der Waals surface area contributed by atoms with Gasteiger partial charge in [-0.15, -0.1) is 12.4 Å². The summed E-state index contributed by atoms with van der Waals surface area (Å²) >= 11 is 3.13. The molecular weight excluding hydrogens is 310 g/mol. The van der Waals surface area contributed by atoms with Crippen LogP contribution in [-0.4, -0.2) is 18.0 Å². The molecular formula is C11H15BrClFN2O. The quantitative estimate of drug-likeness (QED) is 0.897. The van der Waals surface area contributed by atoms with Gasteiger partial charge in [0.1, 0.15) is 5.82 Å². The number of benzene rings is 1. The van der Waals surface area contributed by atoms with Crippen LogP contribution in [0.25, 0.3) is 0 Å². The van der Waals surface area contributed by atoms with E-state index in [-0.39, 0.29) is 23.9 Å². The Morgan fingerprint density at radius 1 is 1.47 bits per heavy atom. The van der Waals surface area contributed by atoms with Crippen molar-refractivity contribution in [2.45, 2.75) is 19.4 Å². The largest absolute Gasteiger partial charge is 0.350 e. The summed E-state index contributed by atoms with van der Waals surface area (Å²) in [6.07, 6.45) is 0. The molecule has 0 saturated carbocycles. The summed E-state index contributed by atoms with van der Waals surface area (Å²) in [4.78, 5) is 11.6. The van der Waals surface area contributed by atoms with Gasteiger partial charge in [0.15, 0.2) is 0 Å². The molecule has 0 fully saturated rings. The van der Waals surface area contributed by atoms with E-state index < -0.39 is 11.4 Å². The van der Waals surface area contributed by atoms with Crippen molar-refractivity contribution in [3.05, 3.63) is 34.1 Å². The van der Waals surface area contributed by atoms with Crippen LogP contribution in [0.5, 0.6) is 0 Å². The maximum absolute atomic E-state index is 13.0. The lowest BCUT2D eigenvalue weighted by molar-refractivity contribution is 0.0945. The Morgan fingerprint density at radius 2 is 2.06 bits per heavy atom. The SMILES string of the molecule is CC(C)(N)CNC(=O)c1cc(F)cc(Br)c1.Cl. The zero-order valence-electron chi connectivity index (χ0n) is 9.59. The summed E-state index contributed by atoms with van der Waals surface area (Å²) < 4.78 is 13.6. The number of carbonyl (C=O) groups is 1. The molecule has 0 aliphatic carbocycles. The van der Waals surface area contributed by atoms with Crippen molar-refractivity contribution >= 4 is 34.2 Å². The van der Waals surface area contributed by atoms with Gasteiger partial charge in [0, 0.05) is 22.1 Å². The van der Waals surface area contributed by atoms with E-state index in [2.05, 4.69) is 21.2 Å².